The molecule has 1 aliphatic heterocycles. The van der Waals surface area contributed by atoms with Crippen LogP contribution in [-0.2, 0) is 0 Å². The number of rotatable bonds is 5. The molecule has 0 atom stereocenters. The third-order valence-electron chi connectivity index (χ3n) is 8.94. The second kappa shape index (κ2) is 10.7. The third-order valence-corrected chi connectivity index (χ3v) is 8.94. The fraction of sp³-hybridized carbons (Fsp3) is 0.0476. The van der Waals surface area contributed by atoms with Crippen LogP contribution in [0.5, 0.6) is 23.0 Å². The Labute approximate surface area is 272 Å². The Morgan fingerprint density at radius 2 is 1.19 bits per heavy atom. The molecule has 0 saturated heterocycles. The van der Waals surface area contributed by atoms with Crippen molar-refractivity contribution >= 4 is 56.0 Å². The van der Waals surface area contributed by atoms with Crippen LogP contribution < -0.4 is 14.4 Å². The Morgan fingerprint density at radius 1 is 0.553 bits per heavy atom. The van der Waals surface area contributed by atoms with E-state index in [4.69, 9.17) is 13.9 Å². The molecule has 0 fully saturated rings. The molecule has 6 aromatic carbocycles. The van der Waals surface area contributed by atoms with Gasteiger partial charge in [-0.05, 0) is 86.6 Å². The number of furan rings is 1. The summed E-state index contributed by atoms with van der Waals surface area (Å²) < 4.78 is 21.2. The highest BCUT2D eigenvalue weighted by Gasteiger charge is 2.23. The molecule has 0 amide bonds. The normalized spacial score (nSPS) is 12.3. The molecule has 5 nitrogen and oxygen atoms in total. The zero-order valence-corrected chi connectivity index (χ0v) is 26.0. The number of hydrogen-bond donors (Lipinski definition) is 0. The lowest BCUT2D eigenvalue weighted by atomic mass is 10.1. The lowest BCUT2D eigenvalue weighted by Gasteiger charge is -2.28. The fourth-order valence-corrected chi connectivity index (χ4v) is 6.81. The molecule has 0 aliphatic carbocycles. The molecule has 0 saturated carbocycles. The van der Waals surface area contributed by atoms with Gasteiger partial charge >= 0.3 is 0 Å². The summed E-state index contributed by atoms with van der Waals surface area (Å²) in [4.78, 5) is 2.25. The highest BCUT2D eigenvalue weighted by molar-refractivity contribution is 6.06. The van der Waals surface area contributed by atoms with Crippen LogP contribution in [0.4, 0.5) is 17.1 Å². The Balaban J connectivity index is 1.25. The van der Waals surface area contributed by atoms with Crippen LogP contribution in [-0.4, -0.2) is 4.57 Å². The summed E-state index contributed by atoms with van der Waals surface area (Å²) >= 11 is 0. The molecule has 0 radical (unpaired) electrons. The maximum atomic E-state index is 6.36. The Hall–Kier alpha value is -6.20. The minimum Gasteiger partial charge on any atom is -0.456 e. The van der Waals surface area contributed by atoms with Crippen LogP contribution in [0.15, 0.2) is 144 Å². The van der Waals surface area contributed by atoms with E-state index in [1.807, 2.05) is 54.6 Å². The van der Waals surface area contributed by atoms with Crippen molar-refractivity contribution in [3.05, 3.63) is 151 Å². The first-order chi connectivity index (χ1) is 23.2. The van der Waals surface area contributed by atoms with E-state index in [1.165, 1.54) is 16.6 Å². The van der Waals surface area contributed by atoms with Gasteiger partial charge in [-0.2, -0.15) is 0 Å². The number of ether oxygens (including phenoxy) is 2. The van der Waals surface area contributed by atoms with Crippen molar-refractivity contribution in [1.29, 1.82) is 0 Å². The number of para-hydroxylation sites is 4. The summed E-state index contributed by atoms with van der Waals surface area (Å²) in [5.41, 5.74) is 9.31. The zero-order valence-electron chi connectivity index (χ0n) is 26.0. The van der Waals surface area contributed by atoms with Gasteiger partial charge in [-0.1, -0.05) is 60.7 Å². The highest BCUT2D eigenvalue weighted by Crippen LogP contribution is 2.48. The van der Waals surface area contributed by atoms with Crippen molar-refractivity contribution in [2.45, 2.75) is 13.8 Å². The van der Waals surface area contributed by atoms with Crippen LogP contribution in [0, 0.1) is 6.92 Å². The minimum absolute atomic E-state index is 0.665. The summed E-state index contributed by atoms with van der Waals surface area (Å²) in [5, 5.41) is 3.36. The van der Waals surface area contributed by atoms with Gasteiger partial charge in [0.2, 0.25) is 0 Å². The second-order valence-electron chi connectivity index (χ2n) is 11.8. The lowest BCUT2D eigenvalue weighted by molar-refractivity contribution is 0.360. The highest BCUT2D eigenvalue weighted by atomic mass is 16.6. The summed E-state index contributed by atoms with van der Waals surface area (Å²) in [6, 6.07) is 45.7. The summed E-state index contributed by atoms with van der Waals surface area (Å²) in [6.45, 7) is 4.26. The lowest BCUT2D eigenvalue weighted by Crippen LogP contribution is -2.10. The standard InChI is InChI=1S/C42H30N2O3/c1-3-11-32-27(2)43(28-12-5-4-6-13-28)36-22-19-29(24-35(32)36)44(30-18-21-34-33-14-7-8-15-37(33)45-41(34)25-30)31-20-23-40-42(26-31)47-39-17-10-9-16-38(39)46-40/h3-26H,1-2H3/b11-3-. The molecule has 3 heterocycles. The van der Waals surface area contributed by atoms with E-state index in [0.29, 0.717) is 23.0 Å². The quantitative estimate of drug-likeness (QED) is 0.194. The van der Waals surface area contributed by atoms with Crippen molar-refractivity contribution in [3.63, 3.8) is 0 Å². The fourth-order valence-electron chi connectivity index (χ4n) is 6.81. The number of aromatic nitrogens is 1. The van der Waals surface area contributed by atoms with Gasteiger partial charge in [0.05, 0.1) is 11.2 Å². The van der Waals surface area contributed by atoms with Gasteiger partial charge in [0.15, 0.2) is 23.0 Å². The van der Waals surface area contributed by atoms with E-state index >= 15 is 0 Å². The first-order valence-corrected chi connectivity index (χ1v) is 15.8. The molecule has 9 rings (SSSR count). The van der Waals surface area contributed by atoms with Crippen molar-refractivity contribution in [1.82, 2.24) is 4.57 Å². The summed E-state index contributed by atoms with van der Waals surface area (Å²) in [5.74, 6) is 2.75. The van der Waals surface area contributed by atoms with Crippen molar-refractivity contribution < 1.29 is 13.9 Å². The molecule has 0 bridgehead atoms. The average Bonchev–Trinajstić information content (AvgIpc) is 3.61. The van der Waals surface area contributed by atoms with Crippen molar-refractivity contribution in [2.75, 3.05) is 4.90 Å². The minimum atomic E-state index is 0.665. The van der Waals surface area contributed by atoms with Crippen LogP contribution >= 0.6 is 0 Å². The Bertz CT molecular complexity index is 2500. The van der Waals surface area contributed by atoms with E-state index < -0.39 is 0 Å². The smallest absolute Gasteiger partial charge is 0.172 e. The maximum absolute atomic E-state index is 6.36. The zero-order chi connectivity index (χ0) is 31.5. The predicted octanol–water partition coefficient (Wildman–Crippen LogP) is 12.2. The first kappa shape index (κ1) is 27.1. The van der Waals surface area contributed by atoms with E-state index in [1.54, 1.807) is 0 Å². The second-order valence-corrected chi connectivity index (χ2v) is 11.8. The molecule has 0 unspecified atom stereocenters. The summed E-state index contributed by atoms with van der Waals surface area (Å²) in [6.07, 6.45) is 4.31. The van der Waals surface area contributed by atoms with Gasteiger partial charge in [0.25, 0.3) is 0 Å². The van der Waals surface area contributed by atoms with Crippen molar-refractivity contribution in [2.24, 2.45) is 0 Å². The van der Waals surface area contributed by atoms with Gasteiger partial charge in [-0.3, -0.25) is 0 Å². The molecular weight excluding hydrogens is 580 g/mol. The van der Waals surface area contributed by atoms with E-state index in [2.05, 4.69) is 114 Å². The SMILES string of the molecule is C/C=C\c1c(C)n(-c2ccccc2)c2ccc(N(c3ccc4c(c3)Oc3ccccc3O4)c3ccc4c(c3)oc3ccccc34)cc12. The molecule has 8 aromatic rings. The number of anilines is 3. The number of hydrogen-bond acceptors (Lipinski definition) is 4. The predicted molar refractivity (Wildman–Crippen MR) is 191 cm³/mol. The maximum Gasteiger partial charge on any atom is 0.172 e. The number of nitrogens with zero attached hydrogens (tertiary/aromatic N) is 2. The third kappa shape index (κ3) is 4.39. The van der Waals surface area contributed by atoms with Gasteiger partial charge < -0.3 is 23.4 Å². The van der Waals surface area contributed by atoms with Crippen molar-refractivity contribution in [3.8, 4) is 28.7 Å². The first-order valence-electron chi connectivity index (χ1n) is 15.8. The number of benzene rings is 6. The van der Waals surface area contributed by atoms with Gasteiger partial charge in [0.1, 0.15) is 11.2 Å². The molecular formula is C42H30N2O3. The largest absolute Gasteiger partial charge is 0.456 e. The number of allylic oxidation sites excluding steroid dienone is 1. The Morgan fingerprint density at radius 3 is 2.02 bits per heavy atom. The van der Waals surface area contributed by atoms with Crippen LogP contribution in [0.25, 0.3) is 44.6 Å². The van der Waals surface area contributed by atoms with Crippen LogP contribution in [0.3, 0.4) is 0 Å². The van der Waals surface area contributed by atoms with Crippen LogP contribution in [0.1, 0.15) is 18.2 Å². The van der Waals surface area contributed by atoms with Gasteiger partial charge in [-0.25, -0.2) is 0 Å². The molecule has 0 N–H and O–H groups in total. The van der Waals surface area contributed by atoms with Gasteiger partial charge in [0, 0.05) is 56.6 Å². The molecule has 5 heteroatoms. The molecule has 2 aromatic heterocycles. The summed E-state index contributed by atoms with van der Waals surface area (Å²) in [7, 11) is 0. The van der Waals surface area contributed by atoms with Gasteiger partial charge in [-0.15, -0.1) is 0 Å². The molecule has 1 aliphatic rings. The van der Waals surface area contributed by atoms with Crippen LogP contribution in [0.2, 0.25) is 0 Å². The molecule has 47 heavy (non-hydrogen) atoms. The number of fused-ring (bicyclic) bond motifs is 6. The van der Waals surface area contributed by atoms with E-state index in [9.17, 15) is 0 Å². The Kier molecular flexibility index (Phi) is 6.18. The average molecular weight is 611 g/mol. The monoisotopic (exact) mass is 610 g/mol. The van der Waals surface area contributed by atoms with E-state index in [-0.39, 0.29) is 0 Å². The molecule has 0 spiro atoms. The topological polar surface area (TPSA) is 39.8 Å². The van der Waals surface area contributed by atoms with E-state index in [0.717, 1.165) is 50.2 Å². The molecule has 226 valence electrons.